The van der Waals surface area contributed by atoms with Gasteiger partial charge in [0.2, 0.25) is 21.8 Å². The van der Waals surface area contributed by atoms with Gasteiger partial charge in [-0.2, -0.15) is 0 Å². The van der Waals surface area contributed by atoms with Crippen molar-refractivity contribution in [3.8, 4) is 0 Å². The van der Waals surface area contributed by atoms with Gasteiger partial charge in [-0.15, -0.1) is 0 Å². The summed E-state index contributed by atoms with van der Waals surface area (Å²) in [6.07, 6.45) is 2.03. The first-order valence-electron chi connectivity index (χ1n) is 12.9. The van der Waals surface area contributed by atoms with Gasteiger partial charge in [-0.05, 0) is 43.5 Å². The van der Waals surface area contributed by atoms with Gasteiger partial charge in [0.25, 0.3) is 0 Å². The molecule has 0 aliphatic heterocycles. The second-order valence-corrected chi connectivity index (χ2v) is 12.1. The highest BCUT2D eigenvalue weighted by Crippen LogP contribution is 2.27. The van der Waals surface area contributed by atoms with Crippen LogP contribution in [0.15, 0.2) is 78.9 Å². The van der Waals surface area contributed by atoms with Gasteiger partial charge in [0.05, 0.1) is 17.0 Å². The van der Waals surface area contributed by atoms with Crippen LogP contribution in [-0.2, 0) is 32.6 Å². The van der Waals surface area contributed by atoms with E-state index in [-0.39, 0.29) is 35.6 Å². The Morgan fingerprint density at radius 3 is 2.13 bits per heavy atom. The van der Waals surface area contributed by atoms with Gasteiger partial charge in [0, 0.05) is 19.0 Å². The molecule has 0 radical (unpaired) electrons. The van der Waals surface area contributed by atoms with Crippen LogP contribution in [0.25, 0.3) is 0 Å². The molecule has 0 spiro atoms. The first kappa shape index (κ1) is 30.2. The molecule has 0 aliphatic carbocycles. The van der Waals surface area contributed by atoms with Crippen LogP contribution in [0.3, 0.4) is 0 Å². The molecule has 0 aliphatic rings. The number of amides is 2. The fourth-order valence-corrected chi connectivity index (χ4v) is 5.28. The van der Waals surface area contributed by atoms with E-state index in [1.807, 2.05) is 75.4 Å². The molecule has 0 unspecified atom stereocenters. The fraction of sp³-hybridized carbons (Fsp3) is 0.333. The third-order valence-corrected chi connectivity index (χ3v) is 7.99. The van der Waals surface area contributed by atoms with Crippen LogP contribution in [-0.4, -0.2) is 50.0 Å². The lowest BCUT2D eigenvalue weighted by Gasteiger charge is -2.34. The quantitative estimate of drug-likeness (QED) is 0.334. The lowest BCUT2D eigenvalue weighted by Crippen LogP contribution is -2.54. The van der Waals surface area contributed by atoms with E-state index < -0.39 is 28.5 Å². The Labute approximate surface area is 236 Å². The lowest BCUT2D eigenvalue weighted by molar-refractivity contribution is -0.140. The van der Waals surface area contributed by atoms with Gasteiger partial charge in [-0.3, -0.25) is 13.9 Å². The van der Waals surface area contributed by atoms with Gasteiger partial charge >= 0.3 is 0 Å². The monoisotopic (exact) mass is 569 g/mol. The summed E-state index contributed by atoms with van der Waals surface area (Å²) in [5.41, 5.74) is 2.98. The van der Waals surface area contributed by atoms with Crippen LogP contribution in [0.5, 0.6) is 0 Å². The third kappa shape index (κ3) is 8.57. The number of para-hydroxylation sites is 1. The summed E-state index contributed by atoms with van der Waals surface area (Å²) in [4.78, 5) is 29.2. The van der Waals surface area contributed by atoms with Crippen molar-refractivity contribution < 1.29 is 18.0 Å². The first-order valence-corrected chi connectivity index (χ1v) is 15.1. The van der Waals surface area contributed by atoms with E-state index in [1.165, 1.54) is 4.90 Å². The van der Waals surface area contributed by atoms with E-state index in [1.54, 1.807) is 24.3 Å². The summed E-state index contributed by atoms with van der Waals surface area (Å²) in [7, 11) is -3.87. The standard InChI is InChI=1S/C30H36ClN3O4S/c1-5-23(3)32-30(36)28(19-24-11-7-6-8-12-24)33(20-25-17-15-22(2)16-18-25)29(35)21-34(39(4,37)38)27-14-10-9-13-26(27)31/h6-18,23,28H,5,19-21H2,1-4H3,(H,32,36)/t23-,28-/m0/s1. The van der Waals surface area contributed by atoms with Crippen LogP contribution in [0.2, 0.25) is 5.02 Å². The molecule has 39 heavy (non-hydrogen) atoms. The molecule has 2 amide bonds. The zero-order chi connectivity index (χ0) is 28.6. The highest BCUT2D eigenvalue weighted by atomic mass is 35.5. The summed E-state index contributed by atoms with van der Waals surface area (Å²) in [6.45, 7) is 5.48. The molecular formula is C30H36ClN3O4S. The van der Waals surface area contributed by atoms with Crippen molar-refractivity contribution in [3.05, 3.63) is 101 Å². The van der Waals surface area contributed by atoms with E-state index in [2.05, 4.69) is 5.32 Å². The van der Waals surface area contributed by atoms with Crippen molar-refractivity contribution in [2.24, 2.45) is 0 Å². The van der Waals surface area contributed by atoms with Gasteiger partial charge in [-0.1, -0.05) is 90.8 Å². The second-order valence-electron chi connectivity index (χ2n) is 9.75. The Morgan fingerprint density at radius 2 is 1.54 bits per heavy atom. The highest BCUT2D eigenvalue weighted by Gasteiger charge is 2.33. The van der Waals surface area contributed by atoms with Crippen molar-refractivity contribution in [3.63, 3.8) is 0 Å². The molecule has 9 heteroatoms. The average molecular weight is 570 g/mol. The predicted molar refractivity (Wildman–Crippen MR) is 157 cm³/mol. The minimum Gasteiger partial charge on any atom is -0.352 e. The third-order valence-electron chi connectivity index (χ3n) is 6.55. The van der Waals surface area contributed by atoms with E-state index >= 15 is 0 Å². The number of anilines is 1. The summed E-state index contributed by atoms with van der Waals surface area (Å²) in [5, 5.41) is 3.22. The number of halogens is 1. The zero-order valence-corrected chi connectivity index (χ0v) is 24.4. The maximum atomic E-state index is 14.0. The number of carbonyl (C=O) groups excluding carboxylic acids is 2. The molecule has 3 aromatic rings. The normalized spacial score (nSPS) is 12.8. The van der Waals surface area contributed by atoms with Gasteiger partial charge in [0.1, 0.15) is 12.6 Å². The van der Waals surface area contributed by atoms with Gasteiger partial charge in [0.15, 0.2) is 0 Å². The van der Waals surface area contributed by atoms with E-state index in [4.69, 9.17) is 11.6 Å². The maximum absolute atomic E-state index is 14.0. The lowest BCUT2D eigenvalue weighted by atomic mass is 10.0. The molecule has 0 bridgehead atoms. The minimum absolute atomic E-state index is 0.0947. The number of nitrogens with one attached hydrogen (secondary N) is 1. The fourth-order valence-electron chi connectivity index (χ4n) is 4.13. The Morgan fingerprint density at radius 1 is 0.923 bits per heavy atom. The van der Waals surface area contributed by atoms with Crippen molar-refractivity contribution in [2.75, 3.05) is 17.1 Å². The Hall–Kier alpha value is -3.36. The summed E-state index contributed by atoms with van der Waals surface area (Å²) in [5.74, 6) is -0.807. The topological polar surface area (TPSA) is 86.8 Å². The maximum Gasteiger partial charge on any atom is 0.244 e. The summed E-state index contributed by atoms with van der Waals surface area (Å²) < 4.78 is 26.7. The molecule has 0 fully saturated rings. The average Bonchev–Trinajstić information content (AvgIpc) is 2.90. The minimum atomic E-state index is -3.87. The van der Waals surface area contributed by atoms with Crippen molar-refractivity contribution in [1.82, 2.24) is 10.2 Å². The van der Waals surface area contributed by atoms with Crippen LogP contribution in [0, 0.1) is 6.92 Å². The molecule has 0 heterocycles. The number of sulfonamides is 1. The number of hydrogen-bond donors (Lipinski definition) is 1. The van der Waals surface area contributed by atoms with E-state index in [0.717, 1.165) is 33.7 Å². The Kier molecular flexibility index (Phi) is 10.5. The Bertz CT molecular complexity index is 1360. The predicted octanol–water partition coefficient (Wildman–Crippen LogP) is 4.97. The summed E-state index contributed by atoms with van der Waals surface area (Å²) in [6, 6.07) is 22.7. The van der Waals surface area contributed by atoms with Crippen molar-refractivity contribution >= 4 is 39.1 Å². The molecule has 0 aromatic heterocycles. The number of benzene rings is 3. The molecule has 7 nitrogen and oxygen atoms in total. The molecule has 3 rings (SSSR count). The van der Waals surface area contributed by atoms with E-state index in [0.29, 0.717) is 0 Å². The van der Waals surface area contributed by atoms with E-state index in [9.17, 15) is 18.0 Å². The first-order chi connectivity index (χ1) is 18.5. The van der Waals surface area contributed by atoms with Gasteiger partial charge in [-0.25, -0.2) is 8.42 Å². The number of aryl methyl sites for hydroxylation is 1. The second kappa shape index (κ2) is 13.6. The molecule has 0 saturated carbocycles. The molecule has 2 atom stereocenters. The zero-order valence-electron chi connectivity index (χ0n) is 22.8. The largest absolute Gasteiger partial charge is 0.352 e. The highest BCUT2D eigenvalue weighted by molar-refractivity contribution is 7.92. The van der Waals surface area contributed by atoms with Gasteiger partial charge < -0.3 is 10.2 Å². The van der Waals surface area contributed by atoms with Crippen LogP contribution >= 0.6 is 11.6 Å². The summed E-state index contributed by atoms with van der Waals surface area (Å²) >= 11 is 6.33. The number of rotatable bonds is 12. The molecule has 208 valence electrons. The molecule has 3 aromatic carbocycles. The van der Waals surface area contributed by atoms with Crippen LogP contribution in [0.4, 0.5) is 5.69 Å². The van der Waals surface area contributed by atoms with Crippen LogP contribution < -0.4 is 9.62 Å². The molecule has 0 saturated heterocycles. The number of hydrogen-bond acceptors (Lipinski definition) is 4. The Balaban J connectivity index is 2.06. The SMILES string of the molecule is CC[C@H](C)NC(=O)[C@H](Cc1ccccc1)N(Cc1ccc(C)cc1)C(=O)CN(c1ccccc1Cl)S(C)(=O)=O. The van der Waals surface area contributed by atoms with Crippen LogP contribution in [0.1, 0.15) is 37.0 Å². The van der Waals surface area contributed by atoms with Crippen molar-refractivity contribution in [2.45, 2.75) is 52.2 Å². The number of carbonyl (C=O) groups is 2. The molecular weight excluding hydrogens is 534 g/mol. The molecule has 1 N–H and O–H groups in total. The van der Waals surface area contributed by atoms with Crippen molar-refractivity contribution in [1.29, 1.82) is 0 Å². The smallest absolute Gasteiger partial charge is 0.244 e. The number of nitrogens with zero attached hydrogens (tertiary/aromatic N) is 2.